The second-order valence-corrected chi connectivity index (χ2v) is 4.98. The van der Waals surface area contributed by atoms with Crippen LogP contribution < -0.4 is 5.32 Å². The van der Waals surface area contributed by atoms with Gasteiger partial charge in [-0.1, -0.05) is 0 Å². The summed E-state index contributed by atoms with van der Waals surface area (Å²) >= 11 is 1.70. The molecule has 0 aliphatic heterocycles. The third-order valence-electron chi connectivity index (χ3n) is 2.76. The number of fused-ring (bicyclic) bond motifs is 1. The van der Waals surface area contributed by atoms with Crippen LogP contribution in [0.2, 0.25) is 0 Å². The minimum absolute atomic E-state index is 0.654. The summed E-state index contributed by atoms with van der Waals surface area (Å²) in [5.41, 5.74) is 2.99. The van der Waals surface area contributed by atoms with Crippen molar-refractivity contribution in [3.63, 3.8) is 0 Å². The van der Waals surface area contributed by atoms with Crippen molar-refractivity contribution >= 4 is 17.0 Å². The molecule has 0 saturated heterocycles. The molecule has 0 aromatic carbocycles. The predicted molar refractivity (Wildman–Crippen MR) is 71.6 cm³/mol. The zero-order valence-electron chi connectivity index (χ0n) is 10.2. The van der Waals surface area contributed by atoms with Crippen molar-refractivity contribution in [1.82, 2.24) is 25.1 Å². The summed E-state index contributed by atoms with van der Waals surface area (Å²) in [6, 6.07) is 6.05. The number of nitrogens with one attached hydrogen (secondary N) is 1. The third kappa shape index (κ3) is 1.79. The molecule has 1 N–H and O–H groups in total. The second kappa shape index (κ2) is 4.47. The van der Waals surface area contributed by atoms with Crippen molar-refractivity contribution in [2.75, 3.05) is 7.05 Å². The Morgan fingerprint density at radius 2 is 2.17 bits per heavy atom. The highest BCUT2D eigenvalue weighted by Crippen LogP contribution is 2.27. The van der Waals surface area contributed by atoms with Gasteiger partial charge in [0.15, 0.2) is 11.5 Å². The summed E-state index contributed by atoms with van der Waals surface area (Å²) in [6.07, 6.45) is 0. The highest BCUT2D eigenvalue weighted by molar-refractivity contribution is 7.13. The average molecular weight is 259 g/mol. The number of aryl methyl sites for hydroxylation is 1. The molecule has 5 nitrogen and oxygen atoms in total. The molecule has 0 radical (unpaired) electrons. The molecule has 3 rings (SSSR count). The van der Waals surface area contributed by atoms with E-state index >= 15 is 0 Å². The fourth-order valence-corrected chi connectivity index (χ4v) is 2.75. The number of rotatable bonds is 3. The number of hydrogen-bond acceptors (Lipinski definition) is 5. The lowest BCUT2D eigenvalue weighted by molar-refractivity contribution is 0.719. The van der Waals surface area contributed by atoms with Crippen molar-refractivity contribution < 1.29 is 0 Å². The molecular formula is C12H13N5S. The summed E-state index contributed by atoms with van der Waals surface area (Å²) in [5, 5.41) is 18.0. The van der Waals surface area contributed by atoms with E-state index in [1.54, 1.807) is 15.9 Å². The molecule has 0 saturated carbocycles. The number of thiophene rings is 1. The van der Waals surface area contributed by atoms with Gasteiger partial charge in [0.25, 0.3) is 0 Å². The van der Waals surface area contributed by atoms with E-state index in [9.17, 15) is 0 Å². The Morgan fingerprint density at radius 3 is 2.89 bits per heavy atom. The summed E-state index contributed by atoms with van der Waals surface area (Å²) < 4.78 is 1.80. The molecule has 92 valence electrons. The topological polar surface area (TPSA) is 55.1 Å². The van der Waals surface area contributed by atoms with Gasteiger partial charge in [0.2, 0.25) is 0 Å². The molecule has 0 spiro atoms. The molecule has 0 aliphatic rings. The molecule has 18 heavy (non-hydrogen) atoms. The lowest BCUT2D eigenvalue weighted by Gasteiger charge is -2.02. The van der Waals surface area contributed by atoms with Crippen molar-refractivity contribution in [2.45, 2.75) is 13.5 Å². The molecule has 0 aliphatic carbocycles. The Hall–Kier alpha value is -1.79. The predicted octanol–water partition coefficient (Wildman–Crippen LogP) is 1.88. The van der Waals surface area contributed by atoms with Crippen molar-refractivity contribution in [1.29, 1.82) is 0 Å². The van der Waals surface area contributed by atoms with Gasteiger partial charge in [-0.25, -0.2) is 0 Å². The summed E-state index contributed by atoms with van der Waals surface area (Å²) in [6.45, 7) is 2.75. The lowest BCUT2D eigenvalue weighted by Crippen LogP contribution is -2.10. The first-order valence-electron chi connectivity index (χ1n) is 5.70. The summed E-state index contributed by atoms with van der Waals surface area (Å²) in [5.74, 6) is 0.823. The minimum Gasteiger partial charge on any atom is -0.313 e. The normalized spacial score (nSPS) is 11.2. The SMILES string of the molecule is CNCc1nnc2ccc(-c3sccc3C)nn12. The second-order valence-electron chi connectivity index (χ2n) is 4.07. The van der Waals surface area contributed by atoms with E-state index in [0.29, 0.717) is 6.54 Å². The van der Waals surface area contributed by atoms with Crippen LogP contribution in [0.5, 0.6) is 0 Å². The highest BCUT2D eigenvalue weighted by Gasteiger charge is 2.10. The van der Waals surface area contributed by atoms with Crippen LogP contribution in [0.25, 0.3) is 16.2 Å². The fraction of sp³-hybridized carbons (Fsp3) is 0.250. The first kappa shape index (κ1) is 11.3. The average Bonchev–Trinajstić information content (AvgIpc) is 2.96. The van der Waals surface area contributed by atoms with Gasteiger partial charge in [-0.2, -0.15) is 9.61 Å². The Bertz CT molecular complexity index is 685. The Morgan fingerprint density at radius 1 is 1.28 bits per heavy atom. The van der Waals surface area contributed by atoms with E-state index in [1.807, 2.05) is 19.2 Å². The summed E-state index contributed by atoms with van der Waals surface area (Å²) in [7, 11) is 1.88. The molecule has 0 unspecified atom stereocenters. The standard InChI is InChI=1S/C12H13N5S/c1-8-5-6-18-12(8)9-3-4-10-14-15-11(7-13-2)17(10)16-9/h3-6,13H,7H2,1-2H3. The summed E-state index contributed by atoms with van der Waals surface area (Å²) in [4.78, 5) is 1.20. The van der Waals surface area contributed by atoms with Crippen LogP contribution in [0.3, 0.4) is 0 Å². The Labute approximate surface area is 108 Å². The molecule has 0 bridgehead atoms. The molecule has 3 heterocycles. The molecule has 0 amide bonds. The zero-order chi connectivity index (χ0) is 12.5. The number of hydrogen-bond donors (Lipinski definition) is 1. The molecule has 0 atom stereocenters. The number of aromatic nitrogens is 4. The van der Waals surface area contributed by atoms with Gasteiger partial charge in [0.1, 0.15) is 5.69 Å². The van der Waals surface area contributed by atoms with E-state index in [2.05, 4.69) is 39.0 Å². The maximum Gasteiger partial charge on any atom is 0.177 e. The first-order chi connectivity index (χ1) is 8.79. The maximum atomic E-state index is 4.62. The smallest absolute Gasteiger partial charge is 0.177 e. The van der Waals surface area contributed by atoms with E-state index in [0.717, 1.165) is 17.2 Å². The van der Waals surface area contributed by atoms with Gasteiger partial charge in [0, 0.05) is 0 Å². The van der Waals surface area contributed by atoms with Crippen LogP contribution >= 0.6 is 11.3 Å². The van der Waals surface area contributed by atoms with Crippen LogP contribution in [-0.2, 0) is 6.54 Å². The van der Waals surface area contributed by atoms with Gasteiger partial charge in [-0.3, -0.25) is 0 Å². The van der Waals surface area contributed by atoms with Gasteiger partial charge < -0.3 is 5.32 Å². The van der Waals surface area contributed by atoms with E-state index in [1.165, 1.54) is 10.4 Å². The van der Waals surface area contributed by atoms with Crippen LogP contribution in [0.1, 0.15) is 11.4 Å². The van der Waals surface area contributed by atoms with Crippen molar-refractivity contribution in [2.24, 2.45) is 0 Å². The van der Waals surface area contributed by atoms with E-state index in [-0.39, 0.29) is 0 Å². The van der Waals surface area contributed by atoms with Crippen molar-refractivity contribution in [3.05, 3.63) is 35.0 Å². The molecule has 6 heteroatoms. The quantitative estimate of drug-likeness (QED) is 0.780. The monoisotopic (exact) mass is 259 g/mol. The van der Waals surface area contributed by atoms with Crippen LogP contribution in [0, 0.1) is 6.92 Å². The maximum absolute atomic E-state index is 4.62. The Kier molecular flexibility index (Phi) is 2.81. The molecule has 0 fully saturated rings. The highest BCUT2D eigenvalue weighted by atomic mass is 32.1. The molecule has 3 aromatic heterocycles. The van der Waals surface area contributed by atoms with Gasteiger partial charge in [-0.15, -0.1) is 21.5 Å². The minimum atomic E-state index is 0.654. The fourth-order valence-electron chi connectivity index (χ4n) is 1.86. The van der Waals surface area contributed by atoms with E-state index < -0.39 is 0 Å². The van der Waals surface area contributed by atoms with Gasteiger partial charge in [0.05, 0.1) is 11.4 Å². The molecular weight excluding hydrogens is 246 g/mol. The van der Waals surface area contributed by atoms with Gasteiger partial charge >= 0.3 is 0 Å². The van der Waals surface area contributed by atoms with E-state index in [4.69, 9.17) is 0 Å². The van der Waals surface area contributed by atoms with Crippen LogP contribution in [0.15, 0.2) is 23.6 Å². The first-order valence-corrected chi connectivity index (χ1v) is 6.58. The Balaban J connectivity index is 2.15. The largest absolute Gasteiger partial charge is 0.313 e. The number of nitrogens with zero attached hydrogens (tertiary/aromatic N) is 4. The lowest BCUT2D eigenvalue weighted by atomic mass is 10.2. The van der Waals surface area contributed by atoms with Crippen molar-refractivity contribution in [3.8, 4) is 10.6 Å². The third-order valence-corrected chi connectivity index (χ3v) is 3.80. The van der Waals surface area contributed by atoms with Crippen LogP contribution in [-0.4, -0.2) is 26.9 Å². The van der Waals surface area contributed by atoms with Crippen LogP contribution in [0.4, 0.5) is 0 Å². The zero-order valence-corrected chi connectivity index (χ0v) is 11.0. The molecule has 3 aromatic rings. The van der Waals surface area contributed by atoms with Gasteiger partial charge in [-0.05, 0) is 43.1 Å².